The molecular weight excluding hydrogens is 422 g/mol. The molecule has 1 aliphatic heterocycles. The maximum Gasteiger partial charge on any atom is 0.321 e. The van der Waals surface area contributed by atoms with Crippen LogP contribution in [-0.2, 0) is 4.79 Å². The summed E-state index contributed by atoms with van der Waals surface area (Å²) in [5.74, 6) is 1.87. The van der Waals surface area contributed by atoms with Crippen LogP contribution in [0.1, 0.15) is 51.4 Å². The molecule has 0 atom stereocenters. The van der Waals surface area contributed by atoms with Gasteiger partial charge in [-0.3, -0.25) is 4.79 Å². The molecule has 0 saturated carbocycles. The van der Waals surface area contributed by atoms with Crippen LogP contribution >= 0.6 is 0 Å². The summed E-state index contributed by atoms with van der Waals surface area (Å²) in [6.07, 6.45) is 10.4. The van der Waals surface area contributed by atoms with E-state index in [2.05, 4.69) is 16.7 Å². The minimum atomic E-state index is -0.173. The number of ether oxygens (including phenoxy) is 3. The molecule has 1 heterocycles. The average molecular weight is 460 g/mol. The number of nitrogens with one attached hydrogen (secondary N) is 2. The number of nitrogens with zero attached hydrogens (tertiary/aromatic N) is 1. The number of likely N-dealkylation sites (tertiary alicyclic amines) is 1. The molecule has 0 bridgehead atoms. The van der Waals surface area contributed by atoms with Crippen molar-refractivity contribution in [1.82, 2.24) is 10.2 Å². The Hall–Kier alpha value is -2.90. The van der Waals surface area contributed by atoms with Crippen molar-refractivity contribution in [2.75, 3.05) is 46.3 Å². The summed E-state index contributed by atoms with van der Waals surface area (Å²) in [7, 11) is 4.62. The van der Waals surface area contributed by atoms with E-state index >= 15 is 0 Å². The molecule has 0 spiro atoms. The summed E-state index contributed by atoms with van der Waals surface area (Å²) >= 11 is 0. The van der Waals surface area contributed by atoms with Crippen molar-refractivity contribution in [2.45, 2.75) is 51.4 Å². The molecule has 0 radical (unpaired) electrons. The lowest BCUT2D eigenvalue weighted by molar-refractivity contribution is -0.122. The summed E-state index contributed by atoms with van der Waals surface area (Å²) in [5.41, 5.74) is 2.05. The van der Waals surface area contributed by atoms with E-state index in [1.807, 2.05) is 0 Å². The Bertz CT molecular complexity index is 821. The second-order valence-electron chi connectivity index (χ2n) is 8.69. The highest BCUT2D eigenvalue weighted by Gasteiger charge is 2.25. The van der Waals surface area contributed by atoms with E-state index in [9.17, 15) is 9.59 Å². The number of hydrogen-bond acceptors (Lipinski definition) is 5. The molecular formula is C25H37N3O5. The third-order valence-electron chi connectivity index (χ3n) is 6.45. The highest BCUT2D eigenvalue weighted by molar-refractivity contribution is 5.90. The van der Waals surface area contributed by atoms with E-state index in [-0.39, 0.29) is 11.9 Å². The monoisotopic (exact) mass is 459 g/mol. The topological polar surface area (TPSA) is 89.1 Å². The number of anilines is 1. The summed E-state index contributed by atoms with van der Waals surface area (Å²) in [5, 5.41) is 5.98. The second-order valence-corrected chi connectivity index (χ2v) is 8.69. The fourth-order valence-corrected chi connectivity index (χ4v) is 4.52. The van der Waals surface area contributed by atoms with E-state index in [1.54, 1.807) is 17.0 Å². The van der Waals surface area contributed by atoms with Gasteiger partial charge >= 0.3 is 6.03 Å². The third-order valence-corrected chi connectivity index (χ3v) is 6.45. The molecule has 1 aromatic carbocycles. The highest BCUT2D eigenvalue weighted by Crippen LogP contribution is 2.40. The van der Waals surface area contributed by atoms with Crippen LogP contribution in [0.15, 0.2) is 23.8 Å². The molecule has 3 rings (SSSR count). The van der Waals surface area contributed by atoms with Crippen molar-refractivity contribution in [2.24, 2.45) is 5.92 Å². The minimum absolute atomic E-state index is 0.117. The SMILES string of the molecule is COc1cc(NC(=O)N2CCC(CC(=O)NCCC3=CCCCC3)CC2)cc(OC)c1OC. The van der Waals surface area contributed by atoms with Gasteiger partial charge < -0.3 is 29.7 Å². The Labute approximate surface area is 196 Å². The van der Waals surface area contributed by atoms with Gasteiger partial charge in [-0.15, -0.1) is 0 Å². The van der Waals surface area contributed by atoms with Crippen LogP contribution in [0.2, 0.25) is 0 Å². The van der Waals surface area contributed by atoms with E-state index in [0.717, 1.165) is 25.8 Å². The first-order valence-electron chi connectivity index (χ1n) is 11.8. The Morgan fingerprint density at radius 3 is 2.30 bits per heavy atom. The summed E-state index contributed by atoms with van der Waals surface area (Å²) < 4.78 is 16.0. The van der Waals surface area contributed by atoms with Crippen molar-refractivity contribution in [3.8, 4) is 17.2 Å². The van der Waals surface area contributed by atoms with E-state index < -0.39 is 0 Å². The lowest BCUT2D eigenvalue weighted by atomic mass is 9.93. The van der Waals surface area contributed by atoms with Gasteiger partial charge in [-0.25, -0.2) is 4.79 Å². The molecule has 1 saturated heterocycles. The third kappa shape index (κ3) is 7.04. The van der Waals surface area contributed by atoms with E-state index in [0.29, 0.717) is 48.4 Å². The van der Waals surface area contributed by atoms with Crippen LogP contribution in [0.25, 0.3) is 0 Å². The van der Waals surface area contributed by atoms with Crippen molar-refractivity contribution in [3.05, 3.63) is 23.8 Å². The van der Waals surface area contributed by atoms with Gasteiger partial charge in [0.2, 0.25) is 11.7 Å². The van der Waals surface area contributed by atoms with Crippen molar-refractivity contribution < 1.29 is 23.8 Å². The van der Waals surface area contributed by atoms with Crippen LogP contribution < -0.4 is 24.8 Å². The van der Waals surface area contributed by atoms with E-state index in [4.69, 9.17) is 14.2 Å². The molecule has 182 valence electrons. The van der Waals surface area contributed by atoms with Gasteiger partial charge in [-0.05, 0) is 50.9 Å². The molecule has 0 unspecified atom stereocenters. The standard InChI is InChI=1S/C25H37N3O5/c1-31-21-16-20(17-22(32-2)24(21)33-3)27-25(30)28-13-10-19(11-14-28)15-23(29)26-12-9-18-7-5-4-6-8-18/h7,16-17,19H,4-6,8-15H2,1-3H3,(H,26,29)(H,27,30). The van der Waals surface area contributed by atoms with E-state index in [1.165, 1.54) is 52.6 Å². The molecule has 2 aliphatic rings. The average Bonchev–Trinajstić information content (AvgIpc) is 2.84. The predicted molar refractivity (Wildman–Crippen MR) is 128 cm³/mol. The summed E-state index contributed by atoms with van der Waals surface area (Å²) in [4.78, 5) is 26.9. The van der Waals surface area contributed by atoms with Gasteiger partial charge in [0.25, 0.3) is 0 Å². The lowest BCUT2D eigenvalue weighted by Crippen LogP contribution is -2.42. The van der Waals surface area contributed by atoms with Crippen molar-refractivity contribution in [1.29, 1.82) is 0 Å². The van der Waals surface area contributed by atoms with Gasteiger partial charge in [-0.2, -0.15) is 0 Å². The maximum absolute atomic E-state index is 12.8. The number of piperidine rings is 1. The molecule has 33 heavy (non-hydrogen) atoms. The Morgan fingerprint density at radius 2 is 1.73 bits per heavy atom. The Morgan fingerprint density at radius 1 is 1.03 bits per heavy atom. The molecule has 1 aliphatic carbocycles. The highest BCUT2D eigenvalue weighted by atomic mass is 16.5. The molecule has 1 aromatic rings. The predicted octanol–water partition coefficient (Wildman–Crippen LogP) is 4.35. The lowest BCUT2D eigenvalue weighted by Gasteiger charge is -2.32. The molecule has 1 fully saturated rings. The number of urea groups is 1. The van der Waals surface area contributed by atoms with Crippen LogP contribution in [0, 0.1) is 5.92 Å². The molecule has 0 aromatic heterocycles. The van der Waals surface area contributed by atoms with Crippen LogP contribution in [0.5, 0.6) is 17.2 Å². The zero-order valence-corrected chi connectivity index (χ0v) is 20.1. The molecule has 8 heteroatoms. The zero-order chi connectivity index (χ0) is 23.6. The van der Waals surface area contributed by atoms with Crippen LogP contribution in [-0.4, -0.2) is 57.8 Å². The van der Waals surface area contributed by atoms with Crippen molar-refractivity contribution in [3.63, 3.8) is 0 Å². The van der Waals surface area contributed by atoms with Gasteiger partial charge in [0.1, 0.15) is 0 Å². The quantitative estimate of drug-likeness (QED) is 0.536. The minimum Gasteiger partial charge on any atom is -0.493 e. The second kappa shape index (κ2) is 12.4. The Balaban J connectivity index is 1.42. The fraction of sp³-hybridized carbons (Fsp3) is 0.600. The molecule has 2 N–H and O–H groups in total. The largest absolute Gasteiger partial charge is 0.493 e. The van der Waals surface area contributed by atoms with Gasteiger partial charge in [0.15, 0.2) is 11.5 Å². The summed E-state index contributed by atoms with van der Waals surface area (Å²) in [6.45, 7) is 1.98. The number of benzene rings is 1. The fourth-order valence-electron chi connectivity index (χ4n) is 4.52. The number of hydrogen-bond donors (Lipinski definition) is 2. The number of carbonyl (C=O) groups excluding carboxylic acids is 2. The number of rotatable bonds is 9. The number of amides is 3. The van der Waals surface area contributed by atoms with Gasteiger partial charge in [0.05, 0.1) is 27.0 Å². The van der Waals surface area contributed by atoms with Gasteiger partial charge in [0, 0.05) is 38.2 Å². The first kappa shape index (κ1) is 24.7. The zero-order valence-electron chi connectivity index (χ0n) is 20.1. The first-order chi connectivity index (χ1) is 16.0. The molecule has 8 nitrogen and oxygen atoms in total. The van der Waals surface area contributed by atoms with Crippen LogP contribution in [0.3, 0.4) is 0 Å². The van der Waals surface area contributed by atoms with Crippen LogP contribution in [0.4, 0.5) is 10.5 Å². The maximum atomic E-state index is 12.8. The molecule has 3 amide bonds. The van der Waals surface area contributed by atoms with Crippen molar-refractivity contribution >= 4 is 17.6 Å². The number of carbonyl (C=O) groups is 2. The smallest absolute Gasteiger partial charge is 0.321 e. The number of methoxy groups -OCH3 is 3. The Kier molecular flexibility index (Phi) is 9.27. The van der Waals surface area contributed by atoms with Gasteiger partial charge in [-0.1, -0.05) is 11.6 Å². The number of allylic oxidation sites excluding steroid dienone is 1. The first-order valence-corrected chi connectivity index (χ1v) is 11.8. The summed E-state index contributed by atoms with van der Waals surface area (Å²) in [6, 6.07) is 3.24. The normalized spacial score (nSPS) is 16.6.